The van der Waals surface area contributed by atoms with Gasteiger partial charge in [-0.2, -0.15) is 9.40 Å². The number of halogens is 1. The highest BCUT2D eigenvalue weighted by Crippen LogP contribution is 2.23. The van der Waals surface area contributed by atoms with Gasteiger partial charge in [0.05, 0.1) is 5.56 Å². The van der Waals surface area contributed by atoms with Crippen molar-refractivity contribution in [2.24, 2.45) is 7.05 Å². The topological polar surface area (TPSA) is 84.3 Å². The Balaban J connectivity index is 1.91. The minimum Gasteiger partial charge on any atom is -0.322 e. The lowest BCUT2D eigenvalue weighted by atomic mass is 10.2. The first-order valence-corrected chi connectivity index (χ1v) is 10.7. The quantitative estimate of drug-likeness (QED) is 0.791. The highest BCUT2D eigenvalue weighted by molar-refractivity contribution is 9.10. The van der Waals surface area contributed by atoms with Crippen LogP contribution in [0.5, 0.6) is 0 Å². The summed E-state index contributed by atoms with van der Waals surface area (Å²) in [6.45, 7) is 0.928. The maximum Gasteiger partial charge on any atom is 0.263 e. The summed E-state index contributed by atoms with van der Waals surface area (Å²) in [5.41, 5.74) is 0.628. The Morgan fingerprint density at radius 1 is 1.19 bits per heavy atom. The minimum atomic E-state index is -3.81. The summed E-state index contributed by atoms with van der Waals surface area (Å²) < 4.78 is 29.7. The minimum absolute atomic E-state index is 0.0525. The van der Waals surface area contributed by atoms with E-state index < -0.39 is 15.9 Å². The SMILES string of the molecule is Cn1cc(C(=O)Nc2cccc(Br)c2)c(S(=O)(=O)N2CCCCCC2)n1. The molecule has 2 aromatic rings. The van der Waals surface area contributed by atoms with Crippen molar-refractivity contribution >= 4 is 37.5 Å². The van der Waals surface area contributed by atoms with Crippen molar-refractivity contribution in [3.63, 3.8) is 0 Å². The number of benzene rings is 1. The second kappa shape index (κ2) is 7.89. The average molecular weight is 441 g/mol. The molecule has 2 heterocycles. The fourth-order valence-electron chi connectivity index (χ4n) is 2.98. The number of sulfonamides is 1. The van der Waals surface area contributed by atoms with Crippen LogP contribution in [0.4, 0.5) is 5.69 Å². The molecule has 9 heteroatoms. The summed E-state index contributed by atoms with van der Waals surface area (Å²) in [5, 5.41) is 6.63. The van der Waals surface area contributed by atoms with Gasteiger partial charge in [-0.05, 0) is 31.0 Å². The molecule has 0 atom stereocenters. The van der Waals surface area contributed by atoms with Crippen molar-refractivity contribution in [3.05, 3.63) is 40.5 Å². The van der Waals surface area contributed by atoms with Gasteiger partial charge in [-0.15, -0.1) is 0 Å². The van der Waals surface area contributed by atoms with Crippen LogP contribution in [0.2, 0.25) is 0 Å². The van der Waals surface area contributed by atoms with Gasteiger partial charge in [0, 0.05) is 36.5 Å². The number of nitrogens with one attached hydrogen (secondary N) is 1. The predicted molar refractivity (Wildman–Crippen MR) is 103 cm³/mol. The number of hydrogen-bond acceptors (Lipinski definition) is 4. The maximum atomic E-state index is 13.0. The number of hydrogen-bond donors (Lipinski definition) is 1. The molecule has 1 aliphatic rings. The van der Waals surface area contributed by atoms with Gasteiger partial charge in [-0.1, -0.05) is 34.8 Å². The van der Waals surface area contributed by atoms with E-state index in [1.165, 1.54) is 15.2 Å². The normalized spacial score (nSPS) is 16.2. The smallest absolute Gasteiger partial charge is 0.263 e. The number of anilines is 1. The maximum absolute atomic E-state index is 13.0. The molecule has 1 aliphatic heterocycles. The molecule has 1 N–H and O–H groups in total. The van der Waals surface area contributed by atoms with Gasteiger partial charge in [0.15, 0.2) is 0 Å². The van der Waals surface area contributed by atoms with E-state index in [9.17, 15) is 13.2 Å². The molecule has 7 nitrogen and oxygen atoms in total. The van der Waals surface area contributed by atoms with Crippen molar-refractivity contribution in [2.75, 3.05) is 18.4 Å². The van der Waals surface area contributed by atoms with Crippen LogP contribution in [-0.2, 0) is 17.1 Å². The molecule has 3 rings (SSSR count). The van der Waals surface area contributed by atoms with Crippen molar-refractivity contribution in [1.29, 1.82) is 0 Å². The van der Waals surface area contributed by atoms with Gasteiger partial charge >= 0.3 is 0 Å². The summed E-state index contributed by atoms with van der Waals surface area (Å²) in [7, 11) is -2.20. The van der Waals surface area contributed by atoms with Crippen molar-refractivity contribution in [3.8, 4) is 0 Å². The third kappa shape index (κ3) is 4.16. The number of aryl methyl sites for hydroxylation is 1. The first-order valence-electron chi connectivity index (χ1n) is 8.48. The number of amides is 1. The number of nitrogens with zero attached hydrogens (tertiary/aromatic N) is 3. The highest BCUT2D eigenvalue weighted by Gasteiger charge is 2.32. The number of carbonyl (C=O) groups excluding carboxylic acids is 1. The van der Waals surface area contributed by atoms with E-state index in [-0.39, 0.29) is 10.6 Å². The molecule has 1 aromatic heterocycles. The number of carbonyl (C=O) groups is 1. The summed E-state index contributed by atoms with van der Waals surface area (Å²) >= 11 is 3.35. The lowest BCUT2D eigenvalue weighted by Crippen LogP contribution is -2.33. The van der Waals surface area contributed by atoms with Crippen LogP contribution in [0.1, 0.15) is 36.0 Å². The second-order valence-electron chi connectivity index (χ2n) is 6.30. The van der Waals surface area contributed by atoms with Crippen LogP contribution in [0, 0.1) is 0 Å². The third-order valence-electron chi connectivity index (χ3n) is 4.27. The van der Waals surface area contributed by atoms with E-state index in [0.29, 0.717) is 18.8 Å². The fraction of sp³-hybridized carbons (Fsp3) is 0.412. The molecule has 0 bridgehead atoms. The van der Waals surface area contributed by atoms with Crippen LogP contribution in [0.15, 0.2) is 40.0 Å². The van der Waals surface area contributed by atoms with Gasteiger partial charge in [0.1, 0.15) is 0 Å². The van der Waals surface area contributed by atoms with Crippen LogP contribution in [0.3, 0.4) is 0 Å². The molecule has 0 unspecified atom stereocenters. The summed E-state index contributed by atoms with van der Waals surface area (Å²) in [5.74, 6) is -0.496. The Labute approximate surface area is 161 Å². The van der Waals surface area contributed by atoms with E-state index in [0.717, 1.165) is 30.2 Å². The molecule has 26 heavy (non-hydrogen) atoms. The predicted octanol–water partition coefficient (Wildman–Crippen LogP) is 3.00. The summed E-state index contributed by atoms with van der Waals surface area (Å²) in [6, 6.07) is 7.12. The molecular weight excluding hydrogens is 420 g/mol. The zero-order valence-corrected chi connectivity index (χ0v) is 16.9. The molecular formula is C17H21BrN4O3S. The standard InChI is InChI=1S/C17H21BrN4O3S/c1-21-12-15(16(23)19-14-8-6-7-13(18)11-14)17(20-21)26(24,25)22-9-4-2-3-5-10-22/h6-8,11-12H,2-5,9-10H2,1H3,(H,19,23). The highest BCUT2D eigenvalue weighted by atomic mass is 79.9. The zero-order chi connectivity index (χ0) is 18.7. The van der Waals surface area contributed by atoms with E-state index in [2.05, 4.69) is 26.3 Å². The summed E-state index contributed by atoms with van der Waals surface area (Å²) in [6.07, 6.45) is 5.13. The molecule has 1 amide bonds. The summed E-state index contributed by atoms with van der Waals surface area (Å²) in [4.78, 5) is 12.7. The molecule has 0 saturated carbocycles. The second-order valence-corrected chi connectivity index (χ2v) is 9.07. The van der Waals surface area contributed by atoms with Crippen LogP contribution < -0.4 is 5.32 Å². The van der Waals surface area contributed by atoms with Crippen LogP contribution in [-0.4, -0.2) is 41.5 Å². The average Bonchev–Trinajstić information content (AvgIpc) is 2.81. The van der Waals surface area contributed by atoms with Crippen molar-refractivity contribution < 1.29 is 13.2 Å². The Kier molecular flexibility index (Phi) is 5.79. The molecule has 1 saturated heterocycles. The van der Waals surface area contributed by atoms with Gasteiger partial charge in [0.25, 0.3) is 15.9 Å². The Morgan fingerprint density at radius 3 is 2.54 bits per heavy atom. The molecule has 1 fully saturated rings. The lowest BCUT2D eigenvalue weighted by molar-refractivity contribution is 0.102. The zero-order valence-electron chi connectivity index (χ0n) is 14.5. The first-order chi connectivity index (χ1) is 12.4. The number of rotatable bonds is 4. The third-order valence-corrected chi connectivity index (χ3v) is 6.60. The largest absolute Gasteiger partial charge is 0.322 e. The molecule has 0 aliphatic carbocycles. The number of aromatic nitrogens is 2. The van der Waals surface area contributed by atoms with Gasteiger partial charge < -0.3 is 5.32 Å². The Hall–Kier alpha value is -1.71. The van der Waals surface area contributed by atoms with Gasteiger partial charge in [-0.25, -0.2) is 8.42 Å². The van der Waals surface area contributed by atoms with E-state index in [1.807, 2.05) is 6.07 Å². The van der Waals surface area contributed by atoms with E-state index in [1.54, 1.807) is 25.2 Å². The Morgan fingerprint density at radius 2 is 1.88 bits per heavy atom. The van der Waals surface area contributed by atoms with Gasteiger partial charge in [-0.3, -0.25) is 9.48 Å². The Bertz CT molecular complexity index is 902. The molecule has 140 valence electrons. The van der Waals surface area contributed by atoms with Crippen molar-refractivity contribution in [1.82, 2.24) is 14.1 Å². The van der Waals surface area contributed by atoms with E-state index in [4.69, 9.17) is 0 Å². The van der Waals surface area contributed by atoms with E-state index >= 15 is 0 Å². The molecule has 0 spiro atoms. The first kappa shape index (κ1) is 19.1. The van der Waals surface area contributed by atoms with Crippen molar-refractivity contribution in [2.45, 2.75) is 30.7 Å². The molecule has 1 aromatic carbocycles. The van der Waals surface area contributed by atoms with Crippen LogP contribution in [0.25, 0.3) is 0 Å². The monoisotopic (exact) mass is 440 g/mol. The van der Waals surface area contributed by atoms with Gasteiger partial charge in [0.2, 0.25) is 5.03 Å². The van der Waals surface area contributed by atoms with Crippen LogP contribution >= 0.6 is 15.9 Å². The fourth-order valence-corrected chi connectivity index (χ4v) is 5.02. The lowest BCUT2D eigenvalue weighted by Gasteiger charge is -2.19. The molecule has 0 radical (unpaired) electrons.